The summed E-state index contributed by atoms with van der Waals surface area (Å²) in [5.74, 6) is 0. The van der Waals surface area contributed by atoms with Crippen LogP contribution in [-0.4, -0.2) is 13.1 Å². The monoisotopic (exact) mass is 472 g/mol. The van der Waals surface area contributed by atoms with Crippen molar-refractivity contribution in [2.45, 2.75) is 12.1 Å². The Morgan fingerprint density at radius 3 is 1.31 bits per heavy atom. The first-order valence-corrected chi connectivity index (χ1v) is 9.78. The van der Waals surface area contributed by atoms with E-state index in [-0.39, 0.29) is 43.2 Å². The van der Waals surface area contributed by atoms with Gasteiger partial charge in [0.1, 0.15) is 0 Å². The van der Waals surface area contributed by atoms with Gasteiger partial charge in [-0.25, -0.2) is 0 Å². The molecule has 140 valence electrons. The summed E-state index contributed by atoms with van der Waals surface area (Å²) in [4.78, 5) is 0. The van der Waals surface area contributed by atoms with Crippen molar-refractivity contribution in [2.75, 3.05) is 13.1 Å². The van der Waals surface area contributed by atoms with E-state index in [2.05, 4.69) is 0 Å². The van der Waals surface area contributed by atoms with E-state index in [1.54, 1.807) is 0 Å². The van der Waals surface area contributed by atoms with Crippen molar-refractivity contribution >= 4 is 69.6 Å². The Kier molecular flexibility index (Phi) is 5.94. The Balaban J connectivity index is 2.48. The molecule has 10 heteroatoms. The molecule has 0 heterocycles. The van der Waals surface area contributed by atoms with Crippen LogP contribution in [0, 0.1) is 0 Å². The van der Waals surface area contributed by atoms with Gasteiger partial charge < -0.3 is 22.9 Å². The van der Waals surface area contributed by atoms with Crippen molar-refractivity contribution in [3.8, 4) is 22.3 Å². The summed E-state index contributed by atoms with van der Waals surface area (Å²) in [6, 6.07) is -1.15. The van der Waals surface area contributed by atoms with Gasteiger partial charge in [-0.3, -0.25) is 0 Å². The lowest BCUT2D eigenvalue weighted by Gasteiger charge is -2.35. The van der Waals surface area contributed by atoms with Gasteiger partial charge in [-0.15, -0.1) is 0 Å². The molecular formula is C16H14Cl6N4. The lowest BCUT2D eigenvalue weighted by atomic mass is 9.73. The van der Waals surface area contributed by atoms with Gasteiger partial charge in [-0.2, -0.15) is 0 Å². The van der Waals surface area contributed by atoms with E-state index in [4.69, 9.17) is 92.5 Å². The molecule has 0 aliphatic heterocycles. The molecule has 0 spiro atoms. The van der Waals surface area contributed by atoms with Crippen LogP contribution in [0.5, 0.6) is 0 Å². The average Bonchev–Trinajstić information content (AvgIpc) is 2.61. The molecular weight excluding hydrogens is 461 g/mol. The maximum atomic E-state index is 6.53. The van der Waals surface area contributed by atoms with Crippen LogP contribution in [0.2, 0.25) is 30.1 Å². The zero-order valence-electron chi connectivity index (χ0n) is 13.1. The zero-order chi connectivity index (χ0) is 19.5. The number of halogens is 6. The van der Waals surface area contributed by atoms with Gasteiger partial charge in [0.2, 0.25) is 0 Å². The maximum absolute atomic E-state index is 6.53. The van der Waals surface area contributed by atoms with Gasteiger partial charge in [-0.05, 0) is 16.7 Å². The van der Waals surface area contributed by atoms with Crippen molar-refractivity contribution < 1.29 is 0 Å². The smallest absolute Gasteiger partial charge is 0.0800 e. The molecule has 0 radical (unpaired) electrons. The number of benzene rings is 2. The van der Waals surface area contributed by atoms with Crippen LogP contribution < -0.4 is 22.9 Å². The van der Waals surface area contributed by atoms with Gasteiger partial charge in [-0.1, -0.05) is 69.6 Å². The molecule has 26 heavy (non-hydrogen) atoms. The molecule has 2 aromatic rings. The fourth-order valence-corrected chi connectivity index (χ4v) is 4.91. The third-order valence-corrected chi connectivity index (χ3v) is 7.14. The lowest BCUT2D eigenvalue weighted by Crippen LogP contribution is -2.29. The Hall–Kier alpha value is 0.0200. The van der Waals surface area contributed by atoms with Crippen molar-refractivity contribution in [2.24, 2.45) is 22.9 Å². The predicted molar refractivity (Wildman–Crippen MR) is 113 cm³/mol. The summed E-state index contributed by atoms with van der Waals surface area (Å²) in [6.45, 7) is 0.290. The van der Waals surface area contributed by atoms with Gasteiger partial charge >= 0.3 is 0 Å². The van der Waals surface area contributed by atoms with E-state index in [9.17, 15) is 0 Å². The van der Waals surface area contributed by atoms with E-state index >= 15 is 0 Å². The normalized spacial score (nSPS) is 14.5. The number of hydrogen-bond donors (Lipinski definition) is 4. The molecule has 0 saturated carbocycles. The SMILES string of the molecule is NCC(N)c1c(Cl)c(Cl)c2c(c1C(N)CN)-c1c(Cl)c(Cl)c(Cl)c(Cl)c1-2. The largest absolute Gasteiger partial charge is 0.329 e. The highest BCUT2D eigenvalue weighted by Crippen LogP contribution is 2.64. The molecule has 0 fully saturated rings. The number of rotatable bonds is 4. The molecule has 8 N–H and O–H groups in total. The summed E-state index contributed by atoms with van der Waals surface area (Å²) in [5.41, 5.74) is 27.6. The third-order valence-electron chi connectivity index (χ3n) is 4.47. The van der Waals surface area contributed by atoms with Crippen molar-refractivity contribution in [1.82, 2.24) is 0 Å². The number of fused-ring (bicyclic) bond motifs is 4. The van der Waals surface area contributed by atoms with Gasteiger partial charge in [0, 0.05) is 41.9 Å². The zero-order valence-corrected chi connectivity index (χ0v) is 17.7. The highest BCUT2D eigenvalue weighted by Gasteiger charge is 2.40. The average molecular weight is 475 g/mol. The number of nitrogens with two attached hydrogens (primary N) is 4. The molecule has 0 aromatic heterocycles. The molecule has 2 unspecified atom stereocenters. The van der Waals surface area contributed by atoms with Crippen molar-refractivity contribution in [3.63, 3.8) is 0 Å². The quantitative estimate of drug-likeness (QED) is 0.309. The van der Waals surface area contributed by atoms with Crippen LogP contribution in [0.15, 0.2) is 0 Å². The van der Waals surface area contributed by atoms with Gasteiger partial charge in [0.05, 0.1) is 30.1 Å². The molecule has 1 aliphatic rings. The highest BCUT2D eigenvalue weighted by molar-refractivity contribution is 6.56. The summed E-state index contributed by atoms with van der Waals surface area (Å²) < 4.78 is 0. The Bertz CT molecular complexity index is 930. The summed E-state index contributed by atoms with van der Waals surface area (Å²) in [7, 11) is 0. The van der Waals surface area contributed by atoms with Crippen LogP contribution in [-0.2, 0) is 0 Å². The maximum Gasteiger partial charge on any atom is 0.0800 e. The van der Waals surface area contributed by atoms with Crippen molar-refractivity contribution in [3.05, 3.63) is 41.3 Å². The molecule has 3 rings (SSSR count). The van der Waals surface area contributed by atoms with Crippen LogP contribution in [0.1, 0.15) is 23.2 Å². The minimum absolute atomic E-state index is 0.141. The fourth-order valence-electron chi connectivity index (χ4n) is 3.24. The molecule has 1 aliphatic carbocycles. The minimum Gasteiger partial charge on any atom is -0.329 e. The van der Waals surface area contributed by atoms with Crippen LogP contribution in [0.25, 0.3) is 22.3 Å². The molecule has 2 atom stereocenters. The lowest BCUT2D eigenvalue weighted by molar-refractivity contribution is 0.681. The molecule has 0 amide bonds. The van der Waals surface area contributed by atoms with Crippen LogP contribution >= 0.6 is 69.6 Å². The van der Waals surface area contributed by atoms with Crippen LogP contribution in [0.3, 0.4) is 0 Å². The first-order valence-electron chi connectivity index (χ1n) is 7.51. The first-order chi connectivity index (χ1) is 12.2. The second-order valence-corrected chi connectivity index (χ2v) is 8.16. The van der Waals surface area contributed by atoms with E-state index in [1.165, 1.54) is 0 Å². The Labute approximate surface area is 180 Å². The highest BCUT2D eigenvalue weighted by atomic mass is 35.5. The van der Waals surface area contributed by atoms with E-state index in [0.29, 0.717) is 33.4 Å². The topological polar surface area (TPSA) is 104 Å². The van der Waals surface area contributed by atoms with E-state index in [1.807, 2.05) is 0 Å². The summed E-state index contributed by atoms with van der Waals surface area (Å²) in [5, 5.41) is 1.31. The van der Waals surface area contributed by atoms with Gasteiger partial charge in [0.25, 0.3) is 0 Å². The molecule has 4 nitrogen and oxygen atoms in total. The second-order valence-electron chi connectivity index (χ2n) is 5.90. The van der Waals surface area contributed by atoms with Crippen LogP contribution in [0.4, 0.5) is 0 Å². The number of hydrogen-bond acceptors (Lipinski definition) is 4. The Morgan fingerprint density at radius 2 is 0.846 bits per heavy atom. The standard InChI is InChI=1S/C16H14Cl6N4/c17-11-6(4(26)2-24)5(3(25)1-23)7-8(12(11)18)10-9(7)13(19)15(21)16(22)14(10)20/h3-4H,1-2,23-26H2. The molecule has 0 bridgehead atoms. The molecule has 2 aromatic carbocycles. The third kappa shape index (κ3) is 2.75. The first kappa shape index (κ1) is 20.7. The second kappa shape index (κ2) is 7.45. The van der Waals surface area contributed by atoms with Gasteiger partial charge in [0.15, 0.2) is 0 Å². The Morgan fingerprint density at radius 1 is 0.500 bits per heavy atom. The molecule has 0 saturated heterocycles. The fraction of sp³-hybridized carbons (Fsp3) is 0.250. The van der Waals surface area contributed by atoms with Crippen molar-refractivity contribution in [1.29, 1.82) is 0 Å². The van der Waals surface area contributed by atoms with E-state index < -0.39 is 12.1 Å². The minimum atomic E-state index is -0.584. The predicted octanol–water partition coefficient (Wildman–Crippen LogP) is 5.17. The van der Waals surface area contributed by atoms with E-state index in [0.717, 1.165) is 0 Å². The summed E-state index contributed by atoms with van der Waals surface area (Å²) in [6.07, 6.45) is 0. The summed E-state index contributed by atoms with van der Waals surface area (Å²) >= 11 is 38.3.